The van der Waals surface area contributed by atoms with E-state index in [0.29, 0.717) is 11.9 Å². The number of pyridine rings is 1. The molecule has 0 N–H and O–H groups in total. The molecule has 18 heavy (non-hydrogen) atoms. The van der Waals surface area contributed by atoms with E-state index in [-0.39, 0.29) is 0 Å². The van der Waals surface area contributed by atoms with E-state index >= 15 is 0 Å². The lowest BCUT2D eigenvalue weighted by Gasteiger charge is -2.25. The van der Waals surface area contributed by atoms with Gasteiger partial charge in [-0.15, -0.1) is 11.6 Å². The Morgan fingerprint density at radius 3 is 2.89 bits per heavy atom. The third kappa shape index (κ3) is 2.32. The van der Waals surface area contributed by atoms with Crippen molar-refractivity contribution in [2.24, 2.45) is 0 Å². The van der Waals surface area contributed by atoms with Crippen molar-refractivity contribution in [3.8, 4) is 0 Å². The van der Waals surface area contributed by atoms with Gasteiger partial charge in [-0.05, 0) is 25.5 Å². The summed E-state index contributed by atoms with van der Waals surface area (Å²) >= 11 is 6.09. The highest BCUT2D eigenvalue weighted by molar-refractivity contribution is 6.17. The van der Waals surface area contributed by atoms with Crippen LogP contribution < -0.4 is 4.90 Å². The van der Waals surface area contributed by atoms with Crippen molar-refractivity contribution in [3.05, 3.63) is 30.1 Å². The summed E-state index contributed by atoms with van der Waals surface area (Å²) in [5.74, 6) is 1.47. The van der Waals surface area contributed by atoms with E-state index in [1.165, 1.54) is 6.42 Å². The minimum absolute atomic E-state index is 0.474. The van der Waals surface area contributed by atoms with Gasteiger partial charge in [-0.2, -0.15) is 0 Å². The van der Waals surface area contributed by atoms with Crippen molar-refractivity contribution < 1.29 is 0 Å². The summed E-state index contributed by atoms with van der Waals surface area (Å²) in [6.07, 6.45) is 4.35. The van der Waals surface area contributed by atoms with Crippen LogP contribution >= 0.6 is 11.6 Å². The van der Waals surface area contributed by atoms with E-state index in [1.54, 1.807) is 0 Å². The van der Waals surface area contributed by atoms with Crippen LogP contribution in [0, 0.1) is 0 Å². The van der Waals surface area contributed by atoms with Crippen LogP contribution in [-0.4, -0.2) is 22.5 Å². The quantitative estimate of drug-likeness (QED) is 0.769. The van der Waals surface area contributed by atoms with E-state index in [4.69, 9.17) is 16.6 Å². The van der Waals surface area contributed by atoms with Crippen molar-refractivity contribution in [3.63, 3.8) is 0 Å². The number of rotatable bonds is 5. The van der Waals surface area contributed by atoms with Gasteiger partial charge in [0.25, 0.3) is 0 Å². The van der Waals surface area contributed by atoms with Crippen LogP contribution in [0.4, 0.5) is 5.82 Å². The summed E-state index contributed by atoms with van der Waals surface area (Å²) in [5.41, 5.74) is 2.02. The smallest absolute Gasteiger partial charge is 0.152 e. The largest absolute Gasteiger partial charge is 0.355 e. The summed E-state index contributed by atoms with van der Waals surface area (Å²) in [6, 6.07) is 6.49. The third-order valence-electron chi connectivity index (χ3n) is 3.44. The molecule has 3 nitrogen and oxygen atoms in total. The molecule has 4 heteroatoms. The Hall–Kier alpha value is -1.22. The topological polar surface area (TPSA) is 20.5 Å². The standard InChI is InChI=1S/C14H20ClN3/c1-4-7-11(2)17(3)14-12(10-15)18-9-6-5-8-13(18)16-14/h5-6,8-9,11H,4,7,10H2,1-3H3. The van der Waals surface area contributed by atoms with Crippen LogP contribution in [0.2, 0.25) is 0 Å². The first-order valence-electron chi connectivity index (χ1n) is 6.43. The molecule has 2 aromatic rings. The predicted octanol–water partition coefficient (Wildman–Crippen LogP) is 3.70. The van der Waals surface area contributed by atoms with E-state index in [9.17, 15) is 0 Å². The monoisotopic (exact) mass is 265 g/mol. The number of imidazole rings is 1. The molecule has 2 rings (SSSR count). The molecule has 0 aliphatic carbocycles. The van der Waals surface area contributed by atoms with Gasteiger partial charge in [-0.25, -0.2) is 4.98 Å². The fourth-order valence-electron chi connectivity index (χ4n) is 2.26. The fourth-order valence-corrected chi connectivity index (χ4v) is 2.51. The lowest BCUT2D eigenvalue weighted by atomic mass is 10.2. The van der Waals surface area contributed by atoms with Crippen LogP contribution in [0.5, 0.6) is 0 Å². The maximum Gasteiger partial charge on any atom is 0.152 e. The van der Waals surface area contributed by atoms with Crippen molar-refractivity contribution in [1.82, 2.24) is 9.38 Å². The van der Waals surface area contributed by atoms with Gasteiger partial charge in [0, 0.05) is 19.3 Å². The highest BCUT2D eigenvalue weighted by Gasteiger charge is 2.18. The van der Waals surface area contributed by atoms with Crippen molar-refractivity contribution in [2.45, 2.75) is 38.6 Å². The normalized spacial score (nSPS) is 12.9. The molecular weight excluding hydrogens is 246 g/mol. The van der Waals surface area contributed by atoms with E-state index in [2.05, 4.69) is 30.2 Å². The molecular formula is C14H20ClN3. The first kappa shape index (κ1) is 13.2. The first-order valence-corrected chi connectivity index (χ1v) is 6.97. The number of aromatic nitrogens is 2. The molecule has 0 bridgehead atoms. The van der Waals surface area contributed by atoms with Crippen LogP contribution in [0.15, 0.2) is 24.4 Å². The number of hydrogen-bond donors (Lipinski definition) is 0. The number of nitrogens with zero attached hydrogens (tertiary/aromatic N) is 3. The Kier molecular flexibility index (Phi) is 4.12. The van der Waals surface area contributed by atoms with E-state index in [0.717, 1.165) is 23.6 Å². The summed E-state index contributed by atoms with van der Waals surface area (Å²) in [5, 5.41) is 0. The number of fused-ring (bicyclic) bond motifs is 1. The summed E-state index contributed by atoms with van der Waals surface area (Å²) in [7, 11) is 2.10. The van der Waals surface area contributed by atoms with Gasteiger partial charge in [0.2, 0.25) is 0 Å². The van der Waals surface area contributed by atoms with Gasteiger partial charge in [-0.3, -0.25) is 0 Å². The molecule has 0 fully saturated rings. The summed E-state index contributed by atoms with van der Waals surface area (Å²) in [6.45, 7) is 4.43. The average molecular weight is 266 g/mol. The number of anilines is 1. The van der Waals surface area contributed by atoms with Crippen LogP contribution in [0.1, 0.15) is 32.4 Å². The number of alkyl halides is 1. The highest BCUT2D eigenvalue weighted by atomic mass is 35.5. The second-order valence-electron chi connectivity index (χ2n) is 4.69. The third-order valence-corrected chi connectivity index (χ3v) is 3.69. The van der Waals surface area contributed by atoms with E-state index < -0.39 is 0 Å². The van der Waals surface area contributed by atoms with Crippen LogP contribution in [-0.2, 0) is 5.88 Å². The van der Waals surface area contributed by atoms with Gasteiger partial charge in [0.15, 0.2) is 5.82 Å². The zero-order valence-electron chi connectivity index (χ0n) is 11.2. The zero-order chi connectivity index (χ0) is 13.1. The Morgan fingerprint density at radius 2 is 2.22 bits per heavy atom. The molecule has 0 aliphatic rings. The highest BCUT2D eigenvalue weighted by Crippen LogP contribution is 2.24. The lowest BCUT2D eigenvalue weighted by molar-refractivity contribution is 0.611. The zero-order valence-corrected chi connectivity index (χ0v) is 12.0. The molecule has 0 amide bonds. The van der Waals surface area contributed by atoms with Crippen molar-refractivity contribution in [1.29, 1.82) is 0 Å². The minimum atomic E-state index is 0.474. The first-order chi connectivity index (χ1) is 8.69. The maximum atomic E-state index is 6.09. The van der Waals surface area contributed by atoms with Crippen molar-refractivity contribution >= 4 is 23.1 Å². The molecule has 0 spiro atoms. The molecule has 2 aromatic heterocycles. The Morgan fingerprint density at radius 1 is 1.44 bits per heavy atom. The number of halogens is 1. The van der Waals surface area contributed by atoms with Crippen LogP contribution in [0.3, 0.4) is 0 Å². The maximum absolute atomic E-state index is 6.09. The molecule has 0 radical (unpaired) electrons. The van der Waals surface area contributed by atoms with Gasteiger partial charge < -0.3 is 9.30 Å². The molecule has 0 saturated heterocycles. The number of hydrogen-bond acceptors (Lipinski definition) is 2. The molecule has 98 valence electrons. The predicted molar refractivity (Wildman–Crippen MR) is 77.5 cm³/mol. The lowest BCUT2D eigenvalue weighted by Crippen LogP contribution is -2.29. The second-order valence-corrected chi connectivity index (χ2v) is 4.96. The molecule has 0 aromatic carbocycles. The molecule has 0 saturated carbocycles. The molecule has 0 aliphatic heterocycles. The Balaban J connectivity index is 2.43. The Bertz CT molecular complexity index is 521. The summed E-state index contributed by atoms with van der Waals surface area (Å²) in [4.78, 5) is 6.92. The van der Waals surface area contributed by atoms with Crippen molar-refractivity contribution in [2.75, 3.05) is 11.9 Å². The van der Waals surface area contributed by atoms with Gasteiger partial charge in [0.05, 0.1) is 11.6 Å². The van der Waals surface area contributed by atoms with Gasteiger partial charge >= 0.3 is 0 Å². The minimum Gasteiger partial charge on any atom is -0.355 e. The summed E-state index contributed by atoms with van der Waals surface area (Å²) < 4.78 is 2.07. The molecule has 2 heterocycles. The average Bonchev–Trinajstić information content (AvgIpc) is 2.76. The van der Waals surface area contributed by atoms with Crippen LogP contribution in [0.25, 0.3) is 5.65 Å². The second kappa shape index (κ2) is 5.61. The Labute approximate surface area is 113 Å². The van der Waals surface area contributed by atoms with Gasteiger partial charge in [0.1, 0.15) is 5.65 Å². The SMILES string of the molecule is CCCC(C)N(C)c1nc2ccccn2c1CCl. The van der Waals surface area contributed by atoms with E-state index in [1.807, 2.05) is 24.4 Å². The fraction of sp³-hybridized carbons (Fsp3) is 0.500. The van der Waals surface area contributed by atoms with Gasteiger partial charge in [-0.1, -0.05) is 19.4 Å². The molecule has 1 unspecified atom stereocenters. The molecule has 1 atom stereocenters.